The highest BCUT2D eigenvalue weighted by atomic mass is 79.9. The van der Waals surface area contributed by atoms with E-state index in [1.54, 1.807) is 17.0 Å². The molecule has 6 nitrogen and oxygen atoms in total. The highest BCUT2D eigenvalue weighted by molar-refractivity contribution is 9.10. The van der Waals surface area contributed by atoms with Crippen molar-refractivity contribution in [3.05, 3.63) is 85.6 Å². The maximum Gasteiger partial charge on any atom is 0.323 e. The van der Waals surface area contributed by atoms with Gasteiger partial charge in [0.05, 0.1) is 0 Å². The molecular weight excluding hydrogens is 594 g/mol. The van der Waals surface area contributed by atoms with E-state index in [2.05, 4.69) is 15.9 Å². The molecule has 40 heavy (non-hydrogen) atoms. The van der Waals surface area contributed by atoms with E-state index in [0.29, 0.717) is 59.0 Å². The maximum absolute atomic E-state index is 13.9. The van der Waals surface area contributed by atoms with Crippen molar-refractivity contribution in [1.82, 2.24) is 4.90 Å². The summed E-state index contributed by atoms with van der Waals surface area (Å²) in [6, 6.07) is 13.1. The van der Waals surface area contributed by atoms with Crippen molar-refractivity contribution in [1.29, 1.82) is 0 Å². The molecule has 2 aromatic carbocycles. The SMILES string of the molecule is CC1(C)CC(=O)C2=C(C1)N(CC(=O)O)C1=C(C(=O)CC(C)(C)C1)C2c1cc(Br)ccc1OCc1ccc(Cl)cc1. The van der Waals surface area contributed by atoms with E-state index in [1.807, 2.05) is 58.0 Å². The quantitative estimate of drug-likeness (QED) is 0.359. The molecule has 0 fully saturated rings. The number of ether oxygens (including phenoxy) is 1. The molecule has 1 aliphatic heterocycles. The Morgan fingerprint density at radius 3 is 2.02 bits per heavy atom. The monoisotopic (exact) mass is 625 g/mol. The number of ketones is 2. The summed E-state index contributed by atoms with van der Waals surface area (Å²) in [6.45, 7) is 8.11. The number of benzene rings is 2. The van der Waals surface area contributed by atoms with Gasteiger partial charge in [0.25, 0.3) is 0 Å². The second-order valence-electron chi connectivity index (χ2n) is 12.6. The van der Waals surface area contributed by atoms with Gasteiger partial charge in [-0.15, -0.1) is 0 Å². The number of nitrogens with zero attached hydrogens (tertiary/aromatic N) is 1. The second-order valence-corrected chi connectivity index (χ2v) is 14.0. The van der Waals surface area contributed by atoms with Crippen molar-refractivity contribution in [2.24, 2.45) is 10.8 Å². The highest BCUT2D eigenvalue weighted by Crippen LogP contribution is 2.55. The van der Waals surface area contributed by atoms with Crippen LogP contribution in [-0.4, -0.2) is 34.1 Å². The first-order valence-corrected chi connectivity index (χ1v) is 14.6. The summed E-state index contributed by atoms with van der Waals surface area (Å²) < 4.78 is 7.13. The Balaban J connectivity index is 1.71. The van der Waals surface area contributed by atoms with Crippen molar-refractivity contribution >= 4 is 45.1 Å². The van der Waals surface area contributed by atoms with Gasteiger partial charge < -0.3 is 14.7 Å². The van der Waals surface area contributed by atoms with E-state index >= 15 is 0 Å². The number of carboxylic acids is 1. The molecule has 0 unspecified atom stereocenters. The zero-order valence-corrected chi connectivity index (χ0v) is 25.5. The molecule has 0 saturated carbocycles. The first-order chi connectivity index (χ1) is 18.7. The van der Waals surface area contributed by atoms with Crippen molar-refractivity contribution in [3.8, 4) is 5.75 Å². The van der Waals surface area contributed by atoms with Crippen LogP contribution in [0.4, 0.5) is 0 Å². The Labute approximate surface area is 248 Å². The maximum atomic E-state index is 13.9. The van der Waals surface area contributed by atoms with E-state index in [0.717, 1.165) is 15.6 Å². The molecule has 0 bridgehead atoms. The van der Waals surface area contributed by atoms with Gasteiger partial charge in [-0.2, -0.15) is 0 Å². The van der Waals surface area contributed by atoms with Crippen LogP contribution in [0.25, 0.3) is 0 Å². The van der Waals surface area contributed by atoms with E-state index in [-0.39, 0.29) is 35.5 Å². The third kappa shape index (κ3) is 5.64. The van der Waals surface area contributed by atoms with Crippen LogP contribution in [-0.2, 0) is 21.0 Å². The van der Waals surface area contributed by atoms with Gasteiger partial charge in [-0.05, 0) is 59.6 Å². The summed E-state index contributed by atoms with van der Waals surface area (Å²) >= 11 is 9.65. The Hall–Kier alpha value is -2.90. The van der Waals surface area contributed by atoms with E-state index in [4.69, 9.17) is 16.3 Å². The first-order valence-electron chi connectivity index (χ1n) is 13.4. The molecule has 2 aromatic rings. The summed E-state index contributed by atoms with van der Waals surface area (Å²) in [5.41, 5.74) is 3.43. The number of rotatable bonds is 6. The average Bonchev–Trinajstić information content (AvgIpc) is 2.83. The number of carboxylic acid groups (broad SMARTS) is 1. The van der Waals surface area contributed by atoms with E-state index in [9.17, 15) is 19.5 Å². The molecule has 1 N–H and O–H groups in total. The predicted octanol–water partition coefficient (Wildman–Crippen LogP) is 7.45. The number of aliphatic carboxylic acids is 1. The van der Waals surface area contributed by atoms with Crippen LogP contribution >= 0.6 is 27.5 Å². The van der Waals surface area contributed by atoms with Gasteiger partial charge in [-0.1, -0.05) is 67.4 Å². The molecule has 8 heteroatoms. The standard InChI is InChI=1S/C32H33BrClNO5/c1-31(2)12-22-29(24(36)14-31)28(30-23(35(22)16-27(38)39)13-32(3,4)15-25(30)37)21-11-19(33)7-10-26(21)40-17-18-5-8-20(34)9-6-18/h5-11,28H,12-17H2,1-4H3,(H,38,39). The van der Waals surface area contributed by atoms with Crippen LogP contribution in [0.1, 0.15) is 70.4 Å². The molecule has 0 amide bonds. The fourth-order valence-electron chi connectivity index (χ4n) is 6.30. The molecule has 1 heterocycles. The van der Waals surface area contributed by atoms with Gasteiger partial charge >= 0.3 is 5.97 Å². The molecule has 0 atom stereocenters. The summed E-state index contributed by atoms with van der Waals surface area (Å²) in [5.74, 6) is -1.18. The fraction of sp³-hybridized carbons (Fsp3) is 0.406. The Kier molecular flexibility index (Phi) is 7.51. The summed E-state index contributed by atoms with van der Waals surface area (Å²) in [4.78, 5) is 41.7. The highest BCUT2D eigenvalue weighted by Gasteiger charge is 2.49. The lowest BCUT2D eigenvalue weighted by molar-refractivity contribution is -0.138. The lowest BCUT2D eigenvalue weighted by Gasteiger charge is -2.48. The van der Waals surface area contributed by atoms with Crippen LogP contribution < -0.4 is 4.74 Å². The Morgan fingerprint density at radius 2 is 1.50 bits per heavy atom. The Morgan fingerprint density at radius 1 is 0.950 bits per heavy atom. The summed E-state index contributed by atoms with van der Waals surface area (Å²) in [7, 11) is 0. The van der Waals surface area contributed by atoms with Crippen molar-refractivity contribution in [3.63, 3.8) is 0 Å². The first kappa shape index (κ1) is 28.6. The van der Waals surface area contributed by atoms with Crippen LogP contribution in [0.5, 0.6) is 5.75 Å². The third-order valence-corrected chi connectivity index (χ3v) is 8.65. The number of halogens is 2. The van der Waals surface area contributed by atoms with Gasteiger partial charge in [0.2, 0.25) is 0 Å². The molecule has 0 saturated heterocycles. The van der Waals surface area contributed by atoms with Crippen molar-refractivity contribution in [2.45, 2.75) is 65.9 Å². The molecule has 0 aromatic heterocycles. The second kappa shape index (κ2) is 10.5. The molecule has 0 radical (unpaired) electrons. The number of carbonyl (C=O) groups excluding carboxylic acids is 2. The zero-order valence-electron chi connectivity index (χ0n) is 23.1. The topological polar surface area (TPSA) is 83.9 Å². The van der Waals surface area contributed by atoms with Gasteiger partial charge in [0, 0.05) is 56.4 Å². The zero-order chi connectivity index (χ0) is 29.0. The average molecular weight is 627 g/mol. The lowest BCUT2D eigenvalue weighted by Crippen LogP contribution is -2.45. The van der Waals surface area contributed by atoms with Crippen LogP contribution in [0.3, 0.4) is 0 Å². The van der Waals surface area contributed by atoms with Crippen LogP contribution in [0.2, 0.25) is 5.02 Å². The third-order valence-electron chi connectivity index (χ3n) is 7.91. The molecular formula is C32H33BrClNO5. The van der Waals surface area contributed by atoms with Gasteiger partial charge in [0.1, 0.15) is 18.9 Å². The Bertz CT molecular complexity index is 1420. The van der Waals surface area contributed by atoms with Crippen LogP contribution in [0, 0.1) is 10.8 Å². The minimum Gasteiger partial charge on any atom is -0.489 e. The molecule has 2 aliphatic carbocycles. The molecule has 5 rings (SSSR count). The molecule has 3 aliphatic rings. The fourth-order valence-corrected chi connectivity index (χ4v) is 6.81. The number of hydrogen-bond donors (Lipinski definition) is 1. The normalized spacial score (nSPS) is 20.4. The smallest absolute Gasteiger partial charge is 0.323 e. The minimum absolute atomic E-state index is 0.0561. The van der Waals surface area contributed by atoms with Gasteiger partial charge in [-0.25, -0.2) is 0 Å². The number of carbonyl (C=O) groups is 3. The summed E-state index contributed by atoms with van der Waals surface area (Å²) in [5, 5.41) is 10.5. The van der Waals surface area contributed by atoms with Crippen LogP contribution in [0.15, 0.2) is 69.5 Å². The van der Waals surface area contributed by atoms with Gasteiger partial charge in [0.15, 0.2) is 11.6 Å². The van der Waals surface area contributed by atoms with Crippen molar-refractivity contribution < 1.29 is 24.2 Å². The number of hydrogen-bond acceptors (Lipinski definition) is 5. The van der Waals surface area contributed by atoms with E-state index < -0.39 is 11.9 Å². The predicted molar refractivity (Wildman–Crippen MR) is 157 cm³/mol. The molecule has 210 valence electrons. The number of allylic oxidation sites excluding steroid dienone is 4. The lowest BCUT2D eigenvalue weighted by atomic mass is 9.63. The van der Waals surface area contributed by atoms with Gasteiger partial charge in [-0.3, -0.25) is 14.4 Å². The summed E-state index contributed by atoms with van der Waals surface area (Å²) in [6.07, 6.45) is 1.72. The van der Waals surface area contributed by atoms with Crippen molar-refractivity contribution in [2.75, 3.05) is 6.54 Å². The number of Topliss-reactive ketones (excluding diaryl/α,β-unsaturated/α-hetero) is 2. The molecule has 0 spiro atoms. The minimum atomic E-state index is -1.00. The van der Waals surface area contributed by atoms with E-state index in [1.165, 1.54) is 0 Å². The largest absolute Gasteiger partial charge is 0.489 e.